The first-order chi connectivity index (χ1) is 9.91. The minimum atomic E-state index is -3.39. The Morgan fingerprint density at radius 1 is 1.19 bits per heavy atom. The second-order valence-corrected chi connectivity index (χ2v) is 7.48. The van der Waals surface area contributed by atoms with Crippen LogP contribution < -0.4 is 0 Å². The van der Waals surface area contributed by atoms with Gasteiger partial charge in [-0.2, -0.15) is 0 Å². The van der Waals surface area contributed by atoms with Gasteiger partial charge in [0, 0.05) is 6.54 Å². The maximum absolute atomic E-state index is 12.2. The Morgan fingerprint density at radius 2 is 1.95 bits per heavy atom. The normalized spacial score (nSPS) is 11.8. The van der Waals surface area contributed by atoms with E-state index in [0.29, 0.717) is 28.0 Å². The Morgan fingerprint density at radius 3 is 2.62 bits per heavy atom. The molecule has 9 heteroatoms. The number of nitrogens with zero attached hydrogens (tertiary/aromatic N) is 4. The Bertz CT molecular complexity index is 731. The summed E-state index contributed by atoms with van der Waals surface area (Å²) >= 11 is 11.7. The Balaban J connectivity index is 2.14. The topological polar surface area (TPSA) is 77.7 Å². The molecular weight excluding hydrogens is 335 g/mol. The van der Waals surface area contributed by atoms with Crippen LogP contribution in [0.1, 0.15) is 24.7 Å². The molecule has 0 saturated carbocycles. The molecule has 2 rings (SSSR count). The largest absolute Gasteiger partial charge is 0.229 e. The van der Waals surface area contributed by atoms with Gasteiger partial charge >= 0.3 is 0 Å². The Kier molecular flexibility index (Phi) is 5.18. The lowest BCUT2D eigenvalue weighted by Crippen LogP contribution is -2.13. The van der Waals surface area contributed by atoms with Crippen molar-refractivity contribution in [2.45, 2.75) is 31.4 Å². The summed E-state index contributed by atoms with van der Waals surface area (Å²) in [6, 6.07) is 4.77. The highest BCUT2D eigenvalue weighted by Gasteiger charge is 2.18. The van der Waals surface area contributed by atoms with E-state index in [4.69, 9.17) is 23.2 Å². The number of aromatic nitrogens is 4. The van der Waals surface area contributed by atoms with Gasteiger partial charge in [-0.25, -0.2) is 13.1 Å². The second kappa shape index (κ2) is 6.72. The van der Waals surface area contributed by atoms with Gasteiger partial charge in [0.2, 0.25) is 0 Å². The highest BCUT2D eigenvalue weighted by molar-refractivity contribution is 7.89. The van der Waals surface area contributed by atoms with Gasteiger partial charge in [-0.1, -0.05) is 36.2 Å². The highest BCUT2D eigenvalue weighted by Crippen LogP contribution is 2.24. The zero-order valence-corrected chi connectivity index (χ0v) is 13.7. The summed E-state index contributed by atoms with van der Waals surface area (Å²) in [5.41, 5.74) is 0.582. The first kappa shape index (κ1) is 16.2. The monoisotopic (exact) mass is 348 g/mol. The molecule has 114 valence electrons. The smallest absolute Gasteiger partial charge is 0.166 e. The maximum atomic E-state index is 12.2. The Hall–Kier alpha value is -1.18. The van der Waals surface area contributed by atoms with E-state index in [1.165, 1.54) is 4.68 Å². The van der Waals surface area contributed by atoms with Crippen molar-refractivity contribution in [1.29, 1.82) is 0 Å². The van der Waals surface area contributed by atoms with Gasteiger partial charge in [0.05, 0.1) is 15.8 Å². The van der Waals surface area contributed by atoms with Crippen molar-refractivity contribution in [3.63, 3.8) is 0 Å². The van der Waals surface area contributed by atoms with Crippen LogP contribution in [0.2, 0.25) is 10.0 Å². The van der Waals surface area contributed by atoms with E-state index < -0.39 is 9.84 Å². The van der Waals surface area contributed by atoms with Crippen molar-refractivity contribution in [2.24, 2.45) is 0 Å². The van der Waals surface area contributed by atoms with Crippen molar-refractivity contribution in [3.8, 4) is 0 Å². The van der Waals surface area contributed by atoms with E-state index in [1.807, 2.05) is 6.92 Å². The van der Waals surface area contributed by atoms with Gasteiger partial charge < -0.3 is 0 Å². The molecule has 0 aliphatic heterocycles. The fraction of sp³-hybridized carbons (Fsp3) is 0.417. The summed E-state index contributed by atoms with van der Waals surface area (Å²) in [5.74, 6) is 0.000234. The Labute approximate surface area is 133 Å². The van der Waals surface area contributed by atoms with E-state index >= 15 is 0 Å². The zero-order valence-electron chi connectivity index (χ0n) is 11.3. The molecule has 0 unspecified atom stereocenters. The summed E-state index contributed by atoms with van der Waals surface area (Å²) in [5, 5.41) is 11.8. The van der Waals surface area contributed by atoms with E-state index in [-0.39, 0.29) is 11.5 Å². The fourth-order valence-electron chi connectivity index (χ4n) is 1.84. The number of rotatable bonds is 6. The molecule has 0 radical (unpaired) electrons. The van der Waals surface area contributed by atoms with Crippen LogP contribution in [0.25, 0.3) is 0 Å². The zero-order chi connectivity index (χ0) is 15.5. The van der Waals surface area contributed by atoms with Crippen molar-refractivity contribution >= 4 is 33.0 Å². The number of sulfone groups is 1. The van der Waals surface area contributed by atoms with Crippen LogP contribution in [-0.2, 0) is 27.9 Å². The molecular formula is C12H14Cl2N4O2S. The first-order valence-corrected chi connectivity index (χ1v) is 8.88. The molecule has 0 atom stereocenters. The van der Waals surface area contributed by atoms with E-state index in [0.717, 1.165) is 6.42 Å². The molecule has 0 aliphatic rings. The molecule has 0 saturated heterocycles. The number of tetrazole rings is 1. The van der Waals surface area contributed by atoms with Crippen LogP contribution in [0.5, 0.6) is 0 Å². The number of halogens is 2. The van der Waals surface area contributed by atoms with E-state index in [2.05, 4.69) is 15.5 Å². The van der Waals surface area contributed by atoms with Crippen LogP contribution >= 0.6 is 23.2 Å². The van der Waals surface area contributed by atoms with Gasteiger partial charge in [0.15, 0.2) is 15.7 Å². The molecule has 0 amide bonds. The number of benzene rings is 1. The van der Waals surface area contributed by atoms with Crippen molar-refractivity contribution in [2.75, 3.05) is 0 Å². The average molecular weight is 349 g/mol. The number of hydrogen-bond donors (Lipinski definition) is 0. The fourth-order valence-corrected chi connectivity index (χ4v) is 3.55. The lowest BCUT2D eigenvalue weighted by atomic mass is 10.2. The van der Waals surface area contributed by atoms with Crippen molar-refractivity contribution < 1.29 is 8.42 Å². The molecule has 0 N–H and O–H groups in total. The van der Waals surface area contributed by atoms with Crippen molar-refractivity contribution in [3.05, 3.63) is 39.6 Å². The summed E-state index contributed by atoms with van der Waals surface area (Å²) in [7, 11) is -3.39. The van der Waals surface area contributed by atoms with Gasteiger partial charge in [0.1, 0.15) is 5.75 Å². The third-order valence-corrected chi connectivity index (χ3v) is 4.97. The molecule has 2 aromatic rings. The predicted molar refractivity (Wildman–Crippen MR) is 80.9 cm³/mol. The molecule has 0 bridgehead atoms. The predicted octanol–water partition coefficient (Wildman–Crippen LogP) is 2.50. The number of aryl methyl sites for hydroxylation is 1. The van der Waals surface area contributed by atoms with E-state index in [1.54, 1.807) is 18.2 Å². The SMILES string of the molecule is CCCn1nnnc1CS(=O)(=O)Cc1ccc(Cl)c(Cl)c1. The standard InChI is InChI=1S/C12H14Cl2N4O2S/c1-2-5-18-12(15-16-17-18)8-21(19,20)7-9-3-4-10(13)11(14)6-9/h3-4,6H,2,5,7-8H2,1H3. The quantitative estimate of drug-likeness (QED) is 0.801. The molecule has 1 aromatic heterocycles. The first-order valence-electron chi connectivity index (χ1n) is 6.30. The van der Waals surface area contributed by atoms with Gasteiger partial charge in [-0.15, -0.1) is 5.10 Å². The second-order valence-electron chi connectivity index (χ2n) is 4.60. The number of hydrogen-bond acceptors (Lipinski definition) is 5. The minimum Gasteiger partial charge on any atom is -0.229 e. The maximum Gasteiger partial charge on any atom is 0.166 e. The van der Waals surface area contributed by atoms with Crippen LogP contribution in [0.3, 0.4) is 0 Å². The molecule has 0 spiro atoms. The molecule has 1 heterocycles. The summed E-state index contributed by atoms with van der Waals surface area (Å²) in [6.07, 6.45) is 0.824. The molecule has 21 heavy (non-hydrogen) atoms. The summed E-state index contributed by atoms with van der Waals surface area (Å²) in [4.78, 5) is 0. The third-order valence-electron chi connectivity index (χ3n) is 2.76. The lowest BCUT2D eigenvalue weighted by Gasteiger charge is -2.06. The van der Waals surface area contributed by atoms with Gasteiger partial charge in [-0.05, 0) is 34.5 Å². The molecule has 1 aromatic carbocycles. The summed E-state index contributed by atoms with van der Waals surface area (Å²) in [6.45, 7) is 2.56. The lowest BCUT2D eigenvalue weighted by molar-refractivity contribution is 0.555. The minimum absolute atomic E-state index is 0.136. The van der Waals surface area contributed by atoms with Gasteiger partial charge in [-0.3, -0.25) is 0 Å². The molecule has 0 fully saturated rings. The van der Waals surface area contributed by atoms with Crippen molar-refractivity contribution in [1.82, 2.24) is 20.2 Å². The highest BCUT2D eigenvalue weighted by atomic mass is 35.5. The van der Waals surface area contributed by atoms with E-state index in [9.17, 15) is 8.42 Å². The average Bonchev–Trinajstić information content (AvgIpc) is 2.81. The van der Waals surface area contributed by atoms with Crippen LogP contribution in [0, 0.1) is 0 Å². The molecule has 0 aliphatic carbocycles. The third kappa shape index (κ3) is 4.39. The summed E-state index contributed by atoms with van der Waals surface area (Å²) < 4.78 is 26.0. The van der Waals surface area contributed by atoms with Gasteiger partial charge in [0.25, 0.3) is 0 Å². The van der Waals surface area contributed by atoms with Crippen LogP contribution in [-0.4, -0.2) is 28.6 Å². The molecule has 6 nitrogen and oxygen atoms in total. The van der Waals surface area contributed by atoms with Crippen LogP contribution in [0.15, 0.2) is 18.2 Å². The van der Waals surface area contributed by atoms with Crippen LogP contribution in [0.4, 0.5) is 0 Å².